The summed E-state index contributed by atoms with van der Waals surface area (Å²) in [4.78, 5) is 244. The van der Waals surface area contributed by atoms with Crippen molar-refractivity contribution >= 4 is 144 Å². The number of aromatic amines is 1. The first-order valence-corrected chi connectivity index (χ1v) is 43.0. The van der Waals surface area contributed by atoms with Gasteiger partial charge < -0.3 is 113 Å². The Bertz CT molecular complexity index is 4680. The Morgan fingerprint density at radius 2 is 1.20 bits per heavy atom. The van der Waals surface area contributed by atoms with Crippen molar-refractivity contribution in [2.75, 3.05) is 32.8 Å². The zero-order valence-electron chi connectivity index (χ0n) is 71.4. The first-order valence-electron chi connectivity index (χ1n) is 40.8. The topological polar surface area (TPSA) is 622 Å². The maximum atomic E-state index is 16.2. The molecule has 1 fully saturated rings. The third kappa shape index (κ3) is 31.5. The number of para-hydroxylation sites is 1. The Hall–Kier alpha value is -11.8. The fourth-order valence-corrected chi connectivity index (χ4v) is 16.5. The van der Waals surface area contributed by atoms with Crippen LogP contribution in [0.15, 0.2) is 91.1 Å². The van der Waals surface area contributed by atoms with Gasteiger partial charge in [-0.05, 0) is 152 Å². The molecular formula is C84H119N19O19S2. The summed E-state index contributed by atoms with van der Waals surface area (Å²) in [6.07, 6.45) is -3.42. The minimum absolute atomic E-state index is 0.0797. The van der Waals surface area contributed by atoms with Gasteiger partial charge in [-0.2, -0.15) is 0 Å². The lowest BCUT2D eigenvalue weighted by molar-refractivity contribution is -0.138. The zero-order chi connectivity index (χ0) is 91.9. The highest BCUT2D eigenvalue weighted by atomic mass is 33.1. The second-order valence-corrected chi connectivity index (χ2v) is 35.5. The summed E-state index contributed by atoms with van der Waals surface area (Å²) >= 11 is 0. The molecule has 1 saturated heterocycles. The summed E-state index contributed by atoms with van der Waals surface area (Å²) in [5.41, 5.74) is 29.4. The van der Waals surface area contributed by atoms with Crippen LogP contribution in [-0.2, 0) is 101 Å². The predicted molar refractivity (Wildman–Crippen MR) is 465 cm³/mol. The predicted octanol–water partition coefficient (Wildman–Crippen LogP) is -1.38. The molecule has 124 heavy (non-hydrogen) atoms. The second kappa shape index (κ2) is 47.8. The number of hydrogen-bond donors (Lipinski definition) is 20. The van der Waals surface area contributed by atoms with E-state index in [-0.39, 0.29) is 95.8 Å². The van der Waals surface area contributed by atoms with E-state index in [1.54, 1.807) is 66.9 Å². The monoisotopic (exact) mass is 1760 g/mol. The maximum absolute atomic E-state index is 16.2. The third-order valence-corrected chi connectivity index (χ3v) is 24.8. The number of nitrogens with one attached hydrogen (secondary N) is 14. The van der Waals surface area contributed by atoms with Crippen molar-refractivity contribution in [1.29, 1.82) is 0 Å². The number of hydrogen-bond acceptors (Lipinski definition) is 23. The standard InChI is InChI=1S/C84H119N19O19S2/c1-45-18-17-21-56-54(44-92-67(45)56)41-61-75(115)94-58(29-30-64(87)108)73(113)102-70(83(8,9)124-123-82(6,7)69(93-49(5)107)79(119)99-63(43-66(89)110)76(116)101-68(47(3)105)78(118)97-61)80(120)98-59(39-50-24-27-55(28-25-50)122-37-34-86)74(114)95-60(40-51-23-26-52-19-11-12-20-53(52)38-51)77(117)103-84(10,32-14-15-33-85)81(121)100-57(22-13-16-35-90-48(4)106)72(112)96-62(42-65(88)109)71(111)91-36-31-46(2)104/h11-12,17-21,23-28,38,44,47,57-63,68-70,92,105H,13-16,22,29-37,39-43,85-86H2,1-10H3,(H2,87,108)(H2,88,109)(H2,89,110)(H,90,106)(H,91,111)(H,93,107)(H,94,115)(H,95,114)(H,96,112)(H,97,118)(H,98,120)(H,99,119)(H,100,121)(H,101,116)(H,102,113)(H,103,117)/t47-,57+,58+,59+,60+,61+,62+,63+,68+,69-,70-,84+/m1/s1. The molecule has 1 aromatic heterocycles. The lowest BCUT2D eigenvalue weighted by Crippen LogP contribution is -2.65. The van der Waals surface area contributed by atoms with E-state index in [1.807, 2.05) is 31.2 Å². The Morgan fingerprint density at radius 1 is 0.581 bits per heavy atom. The van der Waals surface area contributed by atoms with Crippen molar-refractivity contribution in [3.63, 3.8) is 0 Å². The Morgan fingerprint density at radius 3 is 1.84 bits per heavy atom. The molecule has 6 rings (SSSR count). The fraction of sp³-hybridized carbons (Fsp3) is 0.512. The van der Waals surface area contributed by atoms with Gasteiger partial charge in [-0.15, -0.1) is 0 Å². The van der Waals surface area contributed by atoms with Crippen molar-refractivity contribution in [1.82, 2.24) is 74.1 Å². The van der Waals surface area contributed by atoms with Crippen LogP contribution in [0.2, 0.25) is 0 Å². The number of primary amides is 3. The van der Waals surface area contributed by atoms with E-state index in [0.29, 0.717) is 39.8 Å². The molecule has 2 heterocycles. The number of carbonyl (C=O) groups excluding carboxylic acids is 17. The van der Waals surface area contributed by atoms with Crippen LogP contribution in [0.1, 0.15) is 155 Å². The van der Waals surface area contributed by atoms with E-state index in [2.05, 4.69) is 74.1 Å². The minimum atomic E-state index is -2.00. The number of rotatable bonds is 41. The number of H-pyrrole nitrogens is 1. The number of ether oxygens (including phenoxy) is 1. The number of ketones is 1. The van der Waals surface area contributed by atoms with Crippen LogP contribution in [0.3, 0.4) is 0 Å². The van der Waals surface area contributed by atoms with E-state index in [9.17, 15) is 57.8 Å². The van der Waals surface area contributed by atoms with Crippen LogP contribution in [0, 0.1) is 6.92 Å². The third-order valence-electron chi connectivity index (χ3n) is 20.5. The molecule has 0 radical (unpaired) electrons. The van der Waals surface area contributed by atoms with Gasteiger partial charge in [0.2, 0.25) is 94.5 Å². The molecule has 16 amide bonds. The highest BCUT2D eigenvalue weighted by Gasteiger charge is 2.47. The summed E-state index contributed by atoms with van der Waals surface area (Å²) in [6.45, 7) is 14.4. The molecule has 12 atom stereocenters. The number of unbranched alkanes of at least 4 members (excludes halogenated alkanes) is 2. The van der Waals surface area contributed by atoms with Crippen molar-refractivity contribution in [3.8, 4) is 5.75 Å². The van der Waals surface area contributed by atoms with Gasteiger partial charge in [0.25, 0.3) is 0 Å². The van der Waals surface area contributed by atoms with Crippen molar-refractivity contribution in [2.24, 2.45) is 28.7 Å². The zero-order valence-corrected chi connectivity index (χ0v) is 73.1. The van der Waals surface area contributed by atoms with Gasteiger partial charge in [-0.1, -0.05) is 94.4 Å². The lowest BCUT2D eigenvalue weighted by atomic mass is 9.91. The smallest absolute Gasteiger partial charge is 0.246 e. The van der Waals surface area contributed by atoms with Gasteiger partial charge in [0.1, 0.15) is 84.1 Å². The van der Waals surface area contributed by atoms with Crippen LogP contribution >= 0.6 is 21.6 Å². The van der Waals surface area contributed by atoms with Gasteiger partial charge in [0.15, 0.2) is 0 Å². The van der Waals surface area contributed by atoms with Crippen LogP contribution in [0.5, 0.6) is 5.75 Å². The first-order chi connectivity index (χ1) is 58.4. The summed E-state index contributed by atoms with van der Waals surface area (Å²) in [5.74, 6) is -15.7. The number of fused-ring (bicyclic) bond motifs is 2. The number of amides is 16. The van der Waals surface area contributed by atoms with Gasteiger partial charge in [0.05, 0.1) is 18.9 Å². The minimum Gasteiger partial charge on any atom is -0.492 e. The molecule has 0 saturated carbocycles. The Labute approximate surface area is 726 Å². The molecule has 1 aliphatic rings. The molecule has 5 aromatic rings. The average molecular weight is 1760 g/mol. The number of carbonyl (C=O) groups is 17. The summed E-state index contributed by atoms with van der Waals surface area (Å²) in [7, 11) is 1.75. The number of Topliss-reactive ketones (excluding diaryl/α,β-unsaturated/α-hetero) is 1. The van der Waals surface area contributed by atoms with Crippen LogP contribution < -0.4 is 103 Å². The Balaban J connectivity index is 1.52. The van der Waals surface area contributed by atoms with E-state index < -0.39 is 202 Å². The van der Waals surface area contributed by atoms with Crippen LogP contribution in [0.4, 0.5) is 0 Å². The number of aliphatic hydroxyl groups excluding tert-OH is 1. The molecule has 25 N–H and O–H groups in total. The average Bonchev–Trinajstić information content (AvgIpc) is 1.14. The van der Waals surface area contributed by atoms with Gasteiger partial charge in [-0.25, -0.2) is 0 Å². The molecule has 38 nitrogen and oxygen atoms in total. The second-order valence-electron chi connectivity index (χ2n) is 32.1. The molecule has 40 heteroatoms. The van der Waals surface area contributed by atoms with Gasteiger partial charge in [-0.3, -0.25) is 81.5 Å². The van der Waals surface area contributed by atoms with E-state index in [1.165, 1.54) is 48.5 Å². The molecule has 0 spiro atoms. The van der Waals surface area contributed by atoms with E-state index >= 15 is 28.8 Å². The van der Waals surface area contributed by atoms with E-state index in [4.69, 9.17) is 33.4 Å². The SMILES string of the molecule is CC(=O)CCNC(=O)[C@H](CC(N)=O)NC(=O)[C@H](CCCCNC(C)=O)NC(=O)[C@](C)(CCCCN)NC(=O)[C@H](Cc1ccc2ccccc2c1)NC(=O)[C@H](Cc1ccc(OCCN)cc1)NC(=O)[C@H]1NC(=O)[C@H](CCC(N)=O)NC(=O)[C@H](Cc2c[nH]c3c(C)cccc23)NC(=O)[C@H]([C@@H](C)O)NC(=O)[C@H](CC(N)=O)NC(=O)[C@@H](NC(C)=O)C(C)(C)SSC1(C)C. The van der Waals surface area contributed by atoms with E-state index in [0.717, 1.165) is 51.8 Å². The molecule has 1 aliphatic heterocycles. The lowest BCUT2D eigenvalue weighted by Gasteiger charge is -2.39. The fourth-order valence-electron chi connectivity index (χ4n) is 13.6. The maximum Gasteiger partial charge on any atom is 0.246 e. The quantitative estimate of drug-likeness (QED) is 0.0158. The number of nitrogens with two attached hydrogens (primary N) is 5. The van der Waals surface area contributed by atoms with Crippen LogP contribution in [-0.4, -0.2) is 225 Å². The van der Waals surface area contributed by atoms with Gasteiger partial charge >= 0.3 is 0 Å². The number of aromatic nitrogens is 1. The van der Waals surface area contributed by atoms with Crippen molar-refractivity contribution in [3.05, 3.63) is 113 Å². The Kier molecular flexibility index (Phi) is 38.9. The number of aliphatic hydroxyl groups is 1. The number of benzene rings is 4. The van der Waals surface area contributed by atoms with Crippen LogP contribution in [0.25, 0.3) is 21.7 Å². The van der Waals surface area contributed by atoms with Gasteiger partial charge in [0, 0.05) is 92.2 Å². The first kappa shape index (κ1) is 101. The van der Waals surface area contributed by atoms with Crippen molar-refractivity contribution in [2.45, 2.75) is 241 Å². The molecule has 676 valence electrons. The largest absolute Gasteiger partial charge is 0.492 e. The highest BCUT2D eigenvalue weighted by Crippen LogP contribution is 2.47. The molecule has 0 unspecified atom stereocenters. The molecular weight excluding hydrogens is 1640 g/mol. The summed E-state index contributed by atoms with van der Waals surface area (Å²) in [6, 6.07) is 6.65. The molecule has 4 aromatic carbocycles. The van der Waals surface area contributed by atoms with Crippen molar-refractivity contribution < 1.29 is 91.4 Å². The molecule has 0 bridgehead atoms. The molecule has 0 aliphatic carbocycles. The summed E-state index contributed by atoms with van der Waals surface area (Å²) < 4.78 is 2.50. The number of aryl methyl sites for hydroxylation is 1. The highest BCUT2D eigenvalue weighted by molar-refractivity contribution is 8.77. The normalized spacial score (nSPS) is 19.3. The summed E-state index contributed by atoms with van der Waals surface area (Å²) in [5, 5.41) is 47.6.